The molecule has 6 N–H and O–H groups in total. The average Bonchev–Trinajstić information content (AvgIpc) is 1.25. The Morgan fingerprint density at radius 2 is 1.02 bits per heavy atom. The SMILES string of the molecule is C/C=C/C[C@@H](C)[C@@H](O)[C@H]1C(=O)N[C@@H](CC)C(=O)N2CC(OC(=O)N3CCCCC3)C[C@@H]2C(=O)N(C)[C@@H](CO)C(=O)N[C@@H](C(C)C)C(=O)N(C)[C@@H](CC(C)C)C(=O)N[C@@H](C)C(=O)N[C@H](C)C(=O)N(C)[C@@H](CC(C)C)C(=O)N(C)[C@@H](CC(C)C)C(=O)N(C)[C@@H](C(C)C)C(=O)N1C. The van der Waals surface area contributed by atoms with E-state index in [1.807, 2.05) is 41.5 Å². The van der Waals surface area contributed by atoms with Crippen molar-refractivity contribution < 1.29 is 72.5 Å². The van der Waals surface area contributed by atoms with Gasteiger partial charge in [-0.25, -0.2) is 4.79 Å². The second-order valence-electron chi connectivity index (χ2n) is 28.2. The first kappa shape index (κ1) is 81.3. The van der Waals surface area contributed by atoms with Crippen LogP contribution in [0.2, 0.25) is 0 Å². The third-order valence-corrected chi connectivity index (χ3v) is 18.5. The maximum absolute atomic E-state index is 15.4. The Kier molecular flexibility index (Phi) is 31.9. The molecule has 534 valence electrons. The van der Waals surface area contributed by atoms with E-state index < -0.39 is 174 Å². The van der Waals surface area contributed by atoms with Crippen LogP contribution in [0.25, 0.3) is 0 Å². The van der Waals surface area contributed by atoms with Crippen LogP contribution in [0.15, 0.2) is 12.2 Å². The molecule has 94 heavy (non-hydrogen) atoms. The van der Waals surface area contributed by atoms with E-state index in [0.29, 0.717) is 13.1 Å². The summed E-state index contributed by atoms with van der Waals surface area (Å²) in [6, 6.07) is -15.1. The summed E-state index contributed by atoms with van der Waals surface area (Å²) >= 11 is 0. The van der Waals surface area contributed by atoms with Crippen LogP contribution in [0.1, 0.15) is 162 Å². The van der Waals surface area contributed by atoms with Gasteiger partial charge in [0.25, 0.3) is 0 Å². The second kappa shape index (κ2) is 36.8. The zero-order valence-corrected chi connectivity index (χ0v) is 60.1. The van der Waals surface area contributed by atoms with Gasteiger partial charge in [-0.15, -0.1) is 0 Å². The summed E-state index contributed by atoms with van der Waals surface area (Å²) in [6.07, 6.45) is 2.83. The predicted molar refractivity (Wildman–Crippen MR) is 354 cm³/mol. The van der Waals surface area contributed by atoms with Crippen LogP contribution in [-0.2, 0) is 57.5 Å². The van der Waals surface area contributed by atoms with Crippen LogP contribution in [0.4, 0.5) is 4.79 Å². The van der Waals surface area contributed by atoms with Crippen LogP contribution < -0.4 is 21.3 Å². The number of aliphatic hydroxyl groups excluding tert-OH is 2. The van der Waals surface area contributed by atoms with Gasteiger partial charge >= 0.3 is 6.09 Å². The van der Waals surface area contributed by atoms with Gasteiger partial charge in [0.15, 0.2) is 0 Å². The number of ether oxygens (including phenoxy) is 1. The van der Waals surface area contributed by atoms with Crippen LogP contribution in [0.5, 0.6) is 0 Å². The summed E-state index contributed by atoms with van der Waals surface area (Å²) in [5, 5.41) is 34.0. The van der Waals surface area contributed by atoms with Crippen molar-refractivity contribution in [3.63, 3.8) is 0 Å². The number of allylic oxidation sites excluding steroid dienone is 2. The number of hydrogen-bond acceptors (Lipinski definition) is 15. The molecule has 3 heterocycles. The van der Waals surface area contributed by atoms with Gasteiger partial charge in [-0.2, -0.15) is 0 Å². The normalized spacial score (nSPS) is 28.5. The van der Waals surface area contributed by atoms with Crippen molar-refractivity contribution in [3.05, 3.63) is 12.2 Å². The molecule has 3 aliphatic heterocycles. The number of likely N-dealkylation sites (tertiary alicyclic amines) is 1. The smallest absolute Gasteiger partial charge is 0.410 e. The van der Waals surface area contributed by atoms with Gasteiger partial charge in [0.1, 0.15) is 72.6 Å². The highest BCUT2D eigenvalue weighted by Gasteiger charge is 2.49. The number of rotatable bonds is 15. The standard InChI is InChI=1S/C67H116N12O15/c1-22-24-28-42(13)55(81)54-59(85)70-46(23-2)61(87)79-35-45(94-67(93)78-29-26-25-27-30-78)34-50(79)64(90)75(19)51(36-80)58(84)71-52(40(9)10)65(91)72(16)47(31-37(3)4)57(83)68-43(14)56(82)69-44(15)60(86)73(17)48(32-38(5)6)62(88)74(18)49(33-39(7)8)63(89)76(20)53(41(11)12)66(92)77(54)21/h22,24,37-55,80-81H,23,25-36H2,1-21H3,(H,68,83)(H,69,82)(H,70,85)(H,71,84)/b24-22+/t42-,43+,44-,45?,46+,47+,48+,49+,50-,51+,52+,53+,54+,55-/m1/s1. The number of likely N-dealkylation sites (N-methyl/N-ethyl adjacent to an activating group) is 6. The van der Waals surface area contributed by atoms with Gasteiger partial charge in [0, 0.05) is 61.8 Å². The lowest BCUT2D eigenvalue weighted by Crippen LogP contribution is -2.64. The topological polar surface area (TPSA) is 329 Å². The molecular formula is C67H116N12O15. The highest BCUT2D eigenvalue weighted by atomic mass is 16.6. The molecule has 0 bridgehead atoms. The number of hydrogen-bond donors (Lipinski definition) is 6. The highest BCUT2D eigenvalue weighted by molar-refractivity contribution is 6.00. The zero-order chi connectivity index (χ0) is 71.7. The van der Waals surface area contributed by atoms with E-state index >= 15 is 28.8 Å². The number of amides is 12. The number of carbonyl (C=O) groups excluding carboxylic acids is 12. The number of aliphatic hydroxyl groups is 2. The molecule has 14 atom stereocenters. The molecule has 3 fully saturated rings. The fraction of sp³-hybridized carbons (Fsp3) is 0.791. The molecule has 27 nitrogen and oxygen atoms in total. The molecular weight excluding hydrogens is 1210 g/mol. The van der Waals surface area contributed by atoms with Gasteiger partial charge in [0.05, 0.1) is 19.3 Å². The summed E-state index contributed by atoms with van der Waals surface area (Å²) in [7, 11) is 8.20. The minimum atomic E-state index is -1.71. The molecule has 0 aromatic heterocycles. The molecule has 0 radical (unpaired) electrons. The van der Waals surface area contributed by atoms with Crippen molar-refractivity contribution in [2.45, 2.75) is 240 Å². The minimum Gasteiger partial charge on any atom is -0.444 e. The Bertz CT molecular complexity index is 2670. The lowest BCUT2D eigenvalue weighted by Gasteiger charge is -2.41. The molecule has 12 amide bonds. The maximum atomic E-state index is 15.4. The average molecular weight is 1330 g/mol. The van der Waals surface area contributed by atoms with E-state index in [-0.39, 0.29) is 62.8 Å². The molecule has 0 aromatic rings. The third kappa shape index (κ3) is 21.0. The van der Waals surface area contributed by atoms with Crippen LogP contribution >= 0.6 is 0 Å². The minimum absolute atomic E-state index is 0.0938. The summed E-state index contributed by atoms with van der Waals surface area (Å²) in [6.45, 7) is 25.2. The van der Waals surface area contributed by atoms with E-state index in [2.05, 4.69) is 21.3 Å². The van der Waals surface area contributed by atoms with E-state index in [1.165, 1.54) is 75.7 Å². The predicted octanol–water partition coefficient (Wildman–Crippen LogP) is 2.35. The molecule has 3 rings (SSSR count). The molecule has 1 unspecified atom stereocenters. The molecule has 3 aliphatic rings. The number of carbonyl (C=O) groups is 12. The van der Waals surface area contributed by atoms with Crippen molar-refractivity contribution >= 4 is 71.1 Å². The summed E-state index contributed by atoms with van der Waals surface area (Å²) in [4.78, 5) is 186. The number of nitrogens with one attached hydrogen (secondary N) is 4. The third-order valence-electron chi connectivity index (χ3n) is 18.5. The van der Waals surface area contributed by atoms with Gasteiger partial charge in [-0.05, 0) is 108 Å². The fourth-order valence-corrected chi connectivity index (χ4v) is 12.6. The molecule has 0 spiro atoms. The highest BCUT2D eigenvalue weighted by Crippen LogP contribution is 2.29. The second-order valence-corrected chi connectivity index (χ2v) is 28.2. The van der Waals surface area contributed by atoms with Crippen LogP contribution in [0, 0.1) is 35.5 Å². The van der Waals surface area contributed by atoms with Gasteiger partial charge in [0.2, 0.25) is 65.0 Å². The quantitative estimate of drug-likeness (QED) is 0.128. The molecule has 0 aliphatic carbocycles. The zero-order valence-electron chi connectivity index (χ0n) is 60.1. The van der Waals surface area contributed by atoms with Crippen molar-refractivity contribution in [2.24, 2.45) is 35.5 Å². The van der Waals surface area contributed by atoms with E-state index in [9.17, 15) is 39.0 Å². The largest absolute Gasteiger partial charge is 0.444 e. The monoisotopic (exact) mass is 1330 g/mol. The van der Waals surface area contributed by atoms with Gasteiger partial charge in [-0.1, -0.05) is 95.2 Å². The van der Waals surface area contributed by atoms with Crippen molar-refractivity contribution in [1.82, 2.24) is 60.5 Å². The maximum Gasteiger partial charge on any atom is 0.410 e. The fourth-order valence-electron chi connectivity index (χ4n) is 12.6. The van der Waals surface area contributed by atoms with E-state index in [4.69, 9.17) is 4.74 Å². The Balaban J connectivity index is 2.37. The van der Waals surface area contributed by atoms with E-state index in [0.717, 1.165) is 38.9 Å². The molecule has 27 heteroatoms. The van der Waals surface area contributed by atoms with Crippen molar-refractivity contribution in [2.75, 3.05) is 68.5 Å². The Labute approximate surface area is 558 Å². The summed E-state index contributed by atoms with van der Waals surface area (Å²) < 4.78 is 5.98. The lowest BCUT2D eigenvalue weighted by molar-refractivity contribution is -0.157. The van der Waals surface area contributed by atoms with Crippen LogP contribution in [-0.4, -0.2) is 268 Å². The van der Waals surface area contributed by atoms with E-state index in [1.54, 1.807) is 60.6 Å². The Morgan fingerprint density at radius 1 is 0.543 bits per heavy atom. The van der Waals surface area contributed by atoms with Crippen molar-refractivity contribution in [1.29, 1.82) is 0 Å². The number of nitrogens with zero attached hydrogens (tertiary/aromatic N) is 8. The number of fused-ring (bicyclic) bond motifs is 1. The van der Waals surface area contributed by atoms with Crippen LogP contribution in [0.3, 0.4) is 0 Å². The first-order chi connectivity index (χ1) is 43.8. The number of piperidine rings is 1. The molecule has 3 saturated heterocycles. The van der Waals surface area contributed by atoms with Gasteiger partial charge in [-0.3, -0.25) is 52.7 Å². The first-order valence-electron chi connectivity index (χ1n) is 33.8. The summed E-state index contributed by atoms with van der Waals surface area (Å²) in [5.74, 6) is -11.1. The Hall–Kier alpha value is -6.90. The molecule has 0 aromatic carbocycles. The van der Waals surface area contributed by atoms with Crippen molar-refractivity contribution in [3.8, 4) is 0 Å². The Morgan fingerprint density at radius 3 is 1.52 bits per heavy atom. The molecule has 0 saturated carbocycles. The van der Waals surface area contributed by atoms with Gasteiger partial charge < -0.3 is 75.4 Å². The summed E-state index contributed by atoms with van der Waals surface area (Å²) in [5.41, 5.74) is 0. The first-order valence-corrected chi connectivity index (χ1v) is 33.8. The lowest BCUT2D eigenvalue weighted by atomic mass is 9.91.